The van der Waals surface area contributed by atoms with E-state index in [0.717, 1.165) is 24.3 Å². The molecule has 1 aliphatic heterocycles. The Bertz CT molecular complexity index is 654. The third-order valence-electron chi connectivity index (χ3n) is 4.35. The van der Waals surface area contributed by atoms with Crippen molar-refractivity contribution < 1.29 is 19.1 Å². The summed E-state index contributed by atoms with van der Waals surface area (Å²) in [6, 6.07) is 10.6. The van der Waals surface area contributed by atoms with Gasteiger partial charge in [-0.3, -0.25) is 0 Å². The average molecular weight is 330 g/mol. The minimum absolute atomic E-state index is 0.00310. The fourth-order valence-electron chi connectivity index (χ4n) is 3.07. The van der Waals surface area contributed by atoms with E-state index >= 15 is 0 Å². The van der Waals surface area contributed by atoms with Gasteiger partial charge < -0.3 is 24.5 Å². The molecule has 1 aromatic carbocycles. The fraction of sp³-hybridized carbons (Fsp3) is 0.389. The number of hydrogen-bond donors (Lipinski definition) is 2. The lowest BCUT2D eigenvalue weighted by atomic mass is 10.1. The average Bonchev–Trinajstić information content (AvgIpc) is 3.27. The van der Waals surface area contributed by atoms with E-state index in [4.69, 9.17) is 9.15 Å². The van der Waals surface area contributed by atoms with Gasteiger partial charge in [-0.25, -0.2) is 4.79 Å². The van der Waals surface area contributed by atoms with E-state index in [-0.39, 0.29) is 12.1 Å². The summed E-state index contributed by atoms with van der Waals surface area (Å²) < 4.78 is 10.3. The largest absolute Gasteiger partial charge is 0.497 e. The molecule has 2 aromatic rings. The molecule has 1 aromatic heterocycles. The zero-order valence-electron chi connectivity index (χ0n) is 13.6. The summed E-state index contributed by atoms with van der Waals surface area (Å²) in [5, 5.41) is 13.2. The Morgan fingerprint density at radius 3 is 2.88 bits per heavy atom. The molecule has 6 heteroatoms. The molecule has 3 rings (SSSR count). The number of nitrogens with zero attached hydrogens (tertiary/aromatic N) is 1. The minimum atomic E-state index is -0.695. The van der Waals surface area contributed by atoms with Crippen molar-refractivity contribution in [2.75, 3.05) is 19.0 Å². The number of furan rings is 1. The number of hydrogen-bond acceptors (Lipinski definition) is 4. The van der Waals surface area contributed by atoms with E-state index in [1.807, 2.05) is 0 Å². The number of ether oxygens (including phenoxy) is 1. The predicted octanol–water partition coefficient (Wildman–Crippen LogP) is 3.41. The Morgan fingerprint density at radius 1 is 1.42 bits per heavy atom. The lowest BCUT2D eigenvalue weighted by molar-refractivity contribution is 0.110. The van der Waals surface area contributed by atoms with E-state index in [2.05, 4.69) is 5.32 Å². The number of likely N-dealkylation sites (tertiary alicyclic amines) is 1. The van der Waals surface area contributed by atoms with Crippen molar-refractivity contribution in [2.24, 2.45) is 0 Å². The van der Waals surface area contributed by atoms with E-state index < -0.39 is 6.10 Å². The van der Waals surface area contributed by atoms with Crippen molar-refractivity contribution in [2.45, 2.75) is 31.4 Å². The highest BCUT2D eigenvalue weighted by Crippen LogP contribution is 2.28. The molecule has 2 atom stereocenters. The van der Waals surface area contributed by atoms with Gasteiger partial charge in [-0.05, 0) is 49.2 Å². The summed E-state index contributed by atoms with van der Waals surface area (Å²) in [4.78, 5) is 14.3. The van der Waals surface area contributed by atoms with E-state index in [1.165, 1.54) is 0 Å². The first-order valence-corrected chi connectivity index (χ1v) is 8.10. The van der Waals surface area contributed by atoms with Crippen LogP contribution in [0.5, 0.6) is 5.75 Å². The number of aliphatic hydroxyl groups is 1. The molecule has 1 aliphatic rings. The van der Waals surface area contributed by atoms with Crippen LogP contribution in [0.1, 0.15) is 31.1 Å². The van der Waals surface area contributed by atoms with Crippen LogP contribution in [0.2, 0.25) is 0 Å². The third kappa shape index (κ3) is 3.71. The van der Waals surface area contributed by atoms with E-state index in [9.17, 15) is 9.90 Å². The number of amides is 2. The number of rotatable bonds is 5. The molecular weight excluding hydrogens is 308 g/mol. The number of urea groups is 1. The molecular formula is C18H22N2O4. The molecule has 2 unspecified atom stereocenters. The van der Waals surface area contributed by atoms with Crippen molar-refractivity contribution in [3.05, 3.63) is 48.4 Å². The van der Waals surface area contributed by atoms with Crippen LogP contribution in [0.25, 0.3) is 0 Å². The van der Waals surface area contributed by atoms with Crippen LogP contribution in [0.15, 0.2) is 47.1 Å². The highest BCUT2D eigenvalue weighted by Gasteiger charge is 2.31. The van der Waals surface area contributed by atoms with Crippen LogP contribution in [0.4, 0.5) is 10.5 Å². The highest BCUT2D eigenvalue weighted by atomic mass is 16.5. The Hall–Kier alpha value is -2.47. The van der Waals surface area contributed by atoms with Crippen molar-refractivity contribution in [3.8, 4) is 5.75 Å². The van der Waals surface area contributed by atoms with Gasteiger partial charge >= 0.3 is 6.03 Å². The Morgan fingerprint density at radius 2 is 2.21 bits per heavy atom. The minimum Gasteiger partial charge on any atom is -0.497 e. The van der Waals surface area contributed by atoms with Crippen molar-refractivity contribution in [1.29, 1.82) is 0 Å². The van der Waals surface area contributed by atoms with Crippen molar-refractivity contribution in [1.82, 2.24) is 4.90 Å². The van der Waals surface area contributed by atoms with Gasteiger partial charge in [-0.2, -0.15) is 0 Å². The monoisotopic (exact) mass is 330 g/mol. The zero-order valence-corrected chi connectivity index (χ0v) is 13.6. The number of carbonyl (C=O) groups excluding carboxylic acids is 1. The van der Waals surface area contributed by atoms with Gasteiger partial charge in [0.05, 0.1) is 13.4 Å². The Labute approximate surface area is 141 Å². The lowest BCUT2D eigenvalue weighted by Gasteiger charge is -2.26. The molecule has 6 nitrogen and oxygen atoms in total. The second-order valence-electron chi connectivity index (χ2n) is 5.92. The van der Waals surface area contributed by atoms with Gasteiger partial charge in [0.1, 0.15) is 17.6 Å². The summed E-state index contributed by atoms with van der Waals surface area (Å²) in [5.74, 6) is 1.28. The first kappa shape index (κ1) is 16.4. The second kappa shape index (κ2) is 7.40. The van der Waals surface area contributed by atoms with Crippen molar-refractivity contribution >= 4 is 11.7 Å². The van der Waals surface area contributed by atoms with Crippen LogP contribution >= 0.6 is 0 Å². The summed E-state index contributed by atoms with van der Waals surface area (Å²) >= 11 is 0. The van der Waals surface area contributed by atoms with Crippen LogP contribution < -0.4 is 10.1 Å². The summed E-state index contributed by atoms with van der Waals surface area (Å²) in [6.07, 6.45) is 3.14. The molecule has 0 spiro atoms. The molecule has 2 N–H and O–H groups in total. The van der Waals surface area contributed by atoms with Crippen LogP contribution in [0.3, 0.4) is 0 Å². The standard InChI is InChI=1S/C18H22N2O4/c1-23-15-8-6-13(7-9-15)19-18(22)20-10-2-4-14(20)12-16(21)17-5-3-11-24-17/h3,5-9,11,14,16,21H,2,4,10,12H2,1H3,(H,19,22). The van der Waals surface area contributed by atoms with Gasteiger partial charge in [0, 0.05) is 24.7 Å². The van der Waals surface area contributed by atoms with E-state index in [1.54, 1.807) is 54.7 Å². The van der Waals surface area contributed by atoms with Gasteiger partial charge in [-0.1, -0.05) is 0 Å². The zero-order chi connectivity index (χ0) is 16.9. The highest BCUT2D eigenvalue weighted by molar-refractivity contribution is 5.89. The molecule has 0 saturated carbocycles. The van der Waals surface area contributed by atoms with Gasteiger partial charge in [0.25, 0.3) is 0 Å². The van der Waals surface area contributed by atoms with E-state index in [0.29, 0.717) is 18.7 Å². The maximum atomic E-state index is 12.5. The molecule has 0 bridgehead atoms. The Balaban J connectivity index is 1.60. The predicted molar refractivity (Wildman–Crippen MR) is 90.0 cm³/mol. The molecule has 1 fully saturated rings. The summed E-state index contributed by atoms with van der Waals surface area (Å²) in [6.45, 7) is 0.692. The third-order valence-corrected chi connectivity index (χ3v) is 4.35. The number of anilines is 1. The molecule has 2 amide bonds. The number of carbonyl (C=O) groups is 1. The van der Waals surface area contributed by atoms with Gasteiger partial charge in [-0.15, -0.1) is 0 Å². The summed E-state index contributed by atoms with van der Waals surface area (Å²) in [7, 11) is 1.60. The fourth-order valence-corrected chi connectivity index (χ4v) is 3.07. The molecule has 0 aliphatic carbocycles. The normalized spacial score (nSPS) is 18.4. The number of benzene rings is 1. The summed E-state index contributed by atoms with van der Waals surface area (Å²) in [5.41, 5.74) is 0.720. The first-order valence-electron chi connectivity index (χ1n) is 8.10. The smallest absolute Gasteiger partial charge is 0.322 e. The SMILES string of the molecule is COc1ccc(NC(=O)N2CCCC2CC(O)c2ccco2)cc1. The first-order chi connectivity index (χ1) is 11.7. The lowest BCUT2D eigenvalue weighted by Crippen LogP contribution is -2.39. The van der Waals surface area contributed by atoms with Crippen LogP contribution in [-0.2, 0) is 0 Å². The van der Waals surface area contributed by atoms with Gasteiger partial charge in [0.2, 0.25) is 0 Å². The maximum absolute atomic E-state index is 12.5. The molecule has 1 saturated heterocycles. The van der Waals surface area contributed by atoms with Crippen molar-refractivity contribution in [3.63, 3.8) is 0 Å². The Kier molecular flexibility index (Phi) is 5.05. The topological polar surface area (TPSA) is 74.9 Å². The van der Waals surface area contributed by atoms with Crippen LogP contribution in [0, 0.1) is 0 Å². The number of methoxy groups -OCH3 is 1. The molecule has 2 heterocycles. The van der Waals surface area contributed by atoms with Gasteiger partial charge in [0.15, 0.2) is 0 Å². The second-order valence-corrected chi connectivity index (χ2v) is 5.92. The number of aliphatic hydroxyl groups excluding tert-OH is 1. The molecule has 128 valence electrons. The van der Waals surface area contributed by atoms with Crippen LogP contribution in [-0.4, -0.2) is 35.7 Å². The molecule has 0 radical (unpaired) electrons. The number of nitrogens with one attached hydrogen (secondary N) is 1. The quantitative estimate of drug-likeness (QED) is 0.881. The maximum Gasteiger partial charge on any atom is 0.322 e. The molecule has 24 heavy (non-hydrogen) atoms.